The van der Waals surface area contributed by atoms with E-state index in [0.29, 0.717) is 11.6 Å². The highest BCUT2D eigenvalue weighted by Crippen LogP contribution is 2.44. The number of nitrogens with zero attached hydrogens (tertiary/aromatic N) is 2. The second kappa shape index (κ2) is 6.27. The number of rotatable bonds is 4. The molecule has 0 unspecified atom stereocenters. The molecule has 2 heterocycles. The number of carbonyl (C=O) groups excluding carboxylic acids is 1. The summed E-state index contributed by atoms with van der Waals surface area (Å²) in [5.41, 5.74) is 6.15. The van der Waals surface area contributed by atoms with Gasteiger partial charge >= 0.3 is 0 Å². The summed E-state index contributed by atoms with van der Waals surface area (Å²) in [5, 5.41) is 1.14. The maximum Gasteiger partial charge on any atom is 0.270 e. The van der Waals surface area contributed by atoms with Gasteiger partial charge in [-0.05, 0) is 68.9 Å². The Morgan fingerprint density at radius 3 is 2.65 bits per heavy atom. The number of H-pyrrole nitrogens is 1. The zero-order valence-corrected chi connectivity index (χ0v) is 15.8. The molecule has 4 rings (SSSR count). The van der Waals surface area contributed by atoms with Crippen LogP contribution in [0, 0.1) is 26.7 Å². The quantitative estimate of drug-likeness (QED) is 0.743. The number of fused-ring (bicyclic) bond motifs is 1. The first-order valence-electron chi connectivity index (χ1n) is 9.25. The van der Waals surface area contributed by atoms with Crippen molar-refractivity contribution < 1.29 is 4.79 Å². The van der Waals surface area contributed by atoms with Crippen LogP contribution in [-0.4, -0.2) is 27.8 Å². The van der Waals surface area contributed by atoms with Crippen LogP contribution in [0.4, 0.5) is 0 Å². The van der Waals surface area contributed by atoms with E-state index in [1.165, 1.54) is 11.1 Å². The Labute approximate surface area is 154 Å². The lowest BCUT2D eigenvalue weighted by molar-refractivity contribution is 0.0701. The normalized spacial score (nSPS) is 15.2. The number of carbonyl (C=O) groups is 1. The summed E-state index contributed by atoms with van der Waals surface area (Å²) in [7, 11) is 1.91. The molecule has 1 amide bonds. The van der Waals surface area contributed by atoms with Gasteiger partial charge in [0.05, 0.1) is 11.7 Å². The molecular weight excluding hydrogens is 322 g/mol. The van der Waals surface area contributed by atoms with Crippen LogP contribution >= 0.6 is 0 Å². The van der Waals surface area contributed by atoms with E-state index in [0.717, 1.165) is 35.0 Å². The lowest BCUT2D eigenvalue weighted by atomic mass is 10.0. The third-order valence-corrected chi connectivity index (χ3v) is 5.52. The molecular formula is C22H25N3O. The van der Waals surface area contributed by atoms with Crippen LogP contribution in [0.15, 0.2) is 36.5 Å². The van der Waals surface area contributed by atoms with Crippen molar-refractivity contribution in [2.24, 2.45) is 5.92 Å². The van der Waals surface area contributed by atoms with Gasteiger partial charge in [0.25, 0.3) is 5.91 Å². The SMILES string of the molecule is Cc1cc(C)c2[nH]c(C(=O)N(C)[C@H](c3ccccn3)C3CC3)c(C)c2c1. The summed E-state index contributed by atoms with van der Waals surface area (Å²) < 4.78 is 0. The first-order chi connectivity index (χ1) is 12.5. The number of pyridine rings is 1. The number of benzene rings is 1. The van der Waals surface area contributed by atoms with E-state index in [-0.39, 0.29) is 11.9 Å². The average Bonchev–Trinajstić information content (AvgIpc) is 3.40. The standard InChI is InChI=1S/C22H25N3O/c1-13-11-14(2)19-17(12-13)15(3)20(24-19)22(26)25(4)21(16-8-9-16)18-7-5-6-10-23-18/h5-7,10-12,16,21,24H,8-9H2,1-4H3/t21-/m0/s1. The number of hydrogen-bond donors (Lipinski definition) is 1. The monoisotopic (exact) mass is 347 g/mol. The Balaban J connectivity index is 1.74. The fraction of sp³-hybridized carbons (Fsp3) is 0.364. The van der Waals surface area contributed by atoms with Crippen molar-refractivity contribution in [1.82, 2.24) is 14.9 Å². The zero-order valence-electron chi connectivity index (χ0n) is 15.8. The predicted octanol–water partition coefficient (Wildman–Crippen LogP) is 4.71. The summed E-state index contributed by atoms with van der Waals surface area (Å²) in [4.78, 5) is 23.1. The van der Waals surface area contributed by atoms with Crippen molar-refractivity contribution in [1.29, 1.82) is 0 Å². The van der Waals surface area contributed by atoms with Crippen molar-refractivity contribution in [3.05, 3.63) is 64.6 Å². The Hall–Kier alpha value is -2.62. The van der Waals surface area contributed by atoms with E-state index in [1.807, 2.05) is 43.3 Å². The fourth-order valence-corrected chi connectivity index (χ4v) is 4.02. The summed E-state index contributed by atoms with van der Waals surface area (Å²) in [6.07, 6.45) is 4.12. The summed E-state index contributed by atoms with van der Waals surface area (Å²) >= 11 is 0. The third-order valence-electron chi connectivity index (χ3n) is 5.52. The number of aromatic nitrogens is 2. The highest BCUT2D eigenvalue weighted by atomic mass is 16.2. The van der Waals surface area contributed by atoms with E-state index in [2.05, 4.69) is 35.9 Å². The van der Waals surface area contributed by atoms with Gasteiger partial charge in [-0.3, -0.25) is 9.78 Å². The minimum Gasteiger partial charge on any atom is -0.350 e. The van der Waals surface area contributed by atoms with E-state index in [1.54, 1.807) is 0 Å². The summed E-state index contributed by atoms with van der Waals surface area (Å²) in [5.74, 6) is 0.547. The molecule has 0 aliphatic heterocycles. The zero-order chi connectivity index (χ0) is 18.4. The molecule has 1 aliphatic carbocycles. The minimum atomic E-state index is 0.0392. The van der Waals surface area contributed by atoms with Gasteiger partial charge in [0.2, 0.25) is 0 Å². The van der Waals surface area contributed by atoms with Crippen molar-refractivity contribution in [3.63, 3.8) is 0 Å². The maximum atomic E-state index is 13.3. The molecule has 26 heavy (non-hydrogen) atoms. The lowest BCUT2D eigenvalue weighted by Gasteiger charge is -2.28. The van der Waals surface area contributed by atoms with Crippen molar-refractivity contribution in [3.8, 4) is 0 Å². The van der Waals surface area contributed by atoms with Gasteiger partial charge in [-0.1, -0.05) is 17.7 Å². The first-order valence-corrected chi connectivity index (χ1v) is 9.25. The maximum absolute atomic E-state index is 13.3. The van der Waals surface area contributed by atoms with E-state index in [4.69, 9.17) is 0 Å². The molecule has 1 aliphatic rings. The number of aryl methyl sites for hydroxylation is 3. The van der Waals surface area contributed by atoms with Crippen LogP contribution in [0.1, 0.15) is 51.8 Å². The van der Waals surface area contributed by atoms with Gasteiger partial charge in [-0.25, -0.2) is 0 Å². The molecule has 0 radical (unpaired) electrons. The van der Waals surface area contributed by atoms with Crippen molar-refractivity contribution >= 4 is 16.8 Å². The smallest absolute Gasteiger partial charge is 0.270 e. The number of nitrogens with one attached hydrogen (secondary N) is 1. The second-order valence-electron chi connectivity index (χ2n) is 7.58. The van der Waals surface area contributed by atoms with Crippen molar-refractivity contribution in [2.45, 2.75) is 39.7 Å². The van der Waals surface area contributed by atoms with E-state index in [9.17, 15) is 4.79 Å². The van der Waals surface area contributed by atoms with Gasteiger partial charge in [-0.2, -0.15) is 0 Å². The molecule has 4 nitrogen and oxygen atoms in total. The van der Waals surface area contributed by atoms with Crippen LogP contribution in [0.5, 0.6) is 0 Å². The number of amides is 1. The summed E-state index contributed by atoms with van der Waals surface area (Å²) in [6, 6.07) is 10.3. The van der Waals surface area contributed by atoms with Gasteiger partial charge in [0.15, 0.2) is 0 Å². The first kappa shape index (κ1) is 16.8. The molecule has 0 spiro atoms. The minimum absolute atomic E-state index is 0.0392. The topological polar surface area (TPSA) is 49.0 Å². The molecule has 2 aromatic heterocycles. The Bertz CT molecular complexity index is 970. The molecule has 0 saturated heterocycles. The Morgan fingerprint density at radius 1 is 1.23 bits per heavy atom. The Morgan fingerprint density at radius 2 is 2.00 bits per heavy atom. The van der Waals surface area contributed by atoms with Crippen LogP contribution in [-0.2, 0) is 0 Å². The molecule has 1 saturated carbocycles. The lowest BCUT2D eigenvalue weighted by Crippen LogP contribution is -2.33. The largest absolute Gasteiger partial charge is 0.350 e. The number of aromatic amines is 1. The number of hydrogen-bond acceptors (Lipinski definition) is 2. The van der Waals surface area contributed by atoms with E-state index < -0.39 is 0 Å². The van der Waals surface area contributed by atoms with Gasteiger partial charge in [0.1, 0.15) is 5.69 Å². The fourth-order valence-electron chi connectivity index (χ4n) is 4.02. The highest BCUT2D eigenvalue weighted by molar-refractivity contribution is 6.01. The molecule has 0 bridgehead atoms. The molecule has 1 aromatic carbocycles. The molecule has 1 N–H and O–H groups in total. The van der Waals surface area contributed by atoms with Gasteiger partial charge in [0, 0.05) is 24.1 Å². The van der Waals surface area contributed by atoms with Gasteiger partial charge < -0.3 is 9.88 Å². The van der Waals surface area contributed by atoms with E-state index >= 15 is 0 Å². The molecule has 1 fully saturated rings. The van der Waals surface area contributed by atoms with Crippen LogP contribution < -0.4 is 0 Å². The van der Waals surface area contributed by atoms with Crippen LogP contribution in [0.3, 0.4) is 0 Å². The van der Waals surface area contributed by atoms with Crippen LogP contribution in [0.2, 0.25) is 0 Å². The summed E-state index contributed by atoms with van der Waals surface area (Å²) in [6.45, 7) is 6.21. The second-order valence-corrected chi connectivity index (χ2v) is 7.58. The molecule has 3 aromatic rings. The van der Waals surface area contributed by atoms with Crippen molar-refractivity contribution in [2.75, 3.05) is 7.05 Å². The molecule has 4 heteroatoms. The van der Waals surface area contributed by atoms with Crippen LogP contribution in [0.25, 0.3) is 10.9 Å². The predicted molar refractivity (Wildman–Crippen MR) is 104 cm³/mol. The Kier molecular flexibility index (Phi) is 4.06. The molecule has 134 valence electrons. The highest BCUT2D eigenvalue weighted by Gasteiger charge is 2.38. The van der Waals surface area contributed by atoms with Gasteiger partial charge in [-0.15, -0.1) is 0 Å². The molecule has 1 atom stereocenters. The average molecular weight is 347 g/mol. The third kappa shape index (κ3) is 2.79.